The number of hydrogen-bond acceptors (Lipinski definition) is 4. The maximum atomic E-state index is 10.7. The third-order valence-electron chi connectivity index (χ3n) is 1.78. The van der Waals surface area contributed by atoms with Gasteiger partial charge in [-0.1, -0.05) is 12.2 Å². The minimum Gasteiger partial charge on any atom is -0.481 e. The topological polar surface area (TPSA) is 109 Å². The highest BCUT2D eigenvalue weighted by atomic mass is 32.2. The molecule has 0 aromatic carbocycles. The Labute approximate surface area is 85.7 Å². The SMILES string of the molecule is O=C(O)C1=CC(=S(=O)=O)C(C(=O)O)C=C1. The lowest BCUT2D eigenvalue weighted by molar-refractivity contribution is -0.138. The summed E-state index contributed by atoms with van der Waals surface area (Å²) >= 11 is 0. The van der Waals surface area contributed by atoms with E-state index in [0.717, 1.165) is 18.2 Å². The number of rotatable bonds is 2. The summed E-state index contributed by atoms with van der Waals surface area (Å²) < 4.78 is 21.3. The van der Waals surface area contributed by atoms with Crippen molar-refractivity contribution in [3.63, 3.8) is 0 Å². The van der Waals surface area contributed by atoms with E-state index in [9.17, 15) is 18.0 Å². The monoisotopic (exact) mass is 230 g/mol. The second-order valence-electron chi connectivity index (χ2n) is 2.72. The van der Waals surface area contributed by atoms with Gasteiger partial charge in [0.2, 0.25) is 10.3 Å². The Hall–Kier alpha value is -1.89. The molecule has 0 aliphatic heterocycles. The molecule has 0 bridgehead atoms. The molecule has 0 saturated carbocycles. The van der Waals surface area contributed by atoms with Crippen molar-refractivity contribution >= 4 is 27.1 Å². The maximum absolute atomic E-state index is 10.7. The molecule has 0 spiro atoms. The minimum atomic E-state index is -2.75. The van der Waals surface area contributed by atoms with Crippen molar-refractivity contribution in [3.8, 4) is 0 Å². The molecule has 1 atom stereocenters. The number of carboxylic acid groups (broad SMARTS) is 2. The highest BCUT2D eigenvalue weighted by Crippen LogP contribution is 2.14. The first-order valence-electron chi connectivity index (χ1n) is 3.75. The zero-order valence-corrected chi connectivity index (χ0v) is 8.06. The van der Waals surface area contributed by atoms with Gasteiger partial charge in [-0.3, -0.25) is 4.79 Å². The largest absolute Gasteiger partial charge is 0.481 e. The average molecular weight is 230 g/mol. The molecule has 0 radical (unpaired) electrons. The van der Waals surface area contributed by atoms with Crippen LogP contribution in [-0.2, 0) is 19.9 Å². The average Bonchev–Trinajstić information content (AvgIpc) is 2.16. The normalized spacial score (nSPS) is 19.6. The first kappa shape index (κ1) is 11.2. The van der Waals surface area contributed by atoms with Crippen LogP contribution in [-0.4, -0.2) is 35.4 Å². The van der Waals surface area contributed by atoms with Crippen molar-refractivity contribution in [3.05, 3.63) is 23.8 Å². The summed E-state index contributed by atoms with van der Waals surface area (Å²) in [6.07, 6.45) is 2.93. The van der Waals surface area contributed by atoms with Crippen LogP contribution in [0.25, 0.3) is 0 Å². The van der Waals surface area contributed by atoms with Crippen LogP contribution >= 0.6 is 0 Å². The Morgan fingerprint density at radius 1 is 1.27 bits per heavy atom. The molecule has 0 fully saturated rings. The van der Waals surface area contributed by atoms with Gasteiger partial charge in [0.25, 0.3) is 0 Å². The van der Waals surface area contributed by atoms with E-state index in [4.69, 9.17) is 10.2 Å². The van der Waals surface area contributed by atoms with Gasteiger partial charge < -0.3 is 10.2 Å². The van der Waals surface area contributed by atoms with Gasteiger partial charge in [-0.25, -0.2) is 4.79 Å². The lowest BCUT2D eigenvalue weighted by Gasteiger charge is -2.10. The zero-order valence-electron chi connectivity index (χ0n) is 7.25. The summed E-state index contributed by atoms with van der Waals surface area (Å²) in [6, 6.07) is 0. The predicted octanol–water partition coefficient (Wildman–Crippen LogP) is -0.680. The molecule has 1 aliphatic carbocycles. The van der Waals surface area contributed by atoms with Crippen LogP contribution in [0, 0.1) is 5.92 Å². The fraction of sp³-hybridized carbons (Fsp3) is 0.125. The van der Waals surface area contributed by atoms with Gasteiger partial charge >= 0.3 is 11.9 Å². The van der Waals surface area contributed by atoms with Crippen LogP contribution in [0.4, 0.5) is 0 Å². The molecule has 0 heterocycles. The van der Waals surface area contributed by atoms with Crippen molar-refractivity contribution in [2.24, 2.45) is 5.92 Å². The van der Waals surface area contributed by atoms with Crippen molar-refractivity contribution in [2.45, 2.75) is 0 Å². The summed E-state index contributed by atoms with van der Waals surface area (Å²) in [4.78, 5) is 20.7. The second-order valence-corrected chi connectivity index (χ2v) is 3.66. The predicted molar refractivity (Wildman–Crippen MR) is 49.9 cm³/mol. The Bertz CT molecular complexity index is 499. The highest BCUT2D eigenvalue weighted by molar-refractivity contribution is 7.73. The van der Waals surface area contributed by atoms with Gasteiger partial charge in [0, 0.05) is 0 Å². The van der Waals surface area contributed by atoms with E-state index < -0.39 is 33.0 Å². The Kier molecular flexibility index (Phi) is 3.05. The van der Waals surface area contributed by atoms with Gasteiger partial charge in [-0.15, -0.1) is 0 Å². The van der Waals surface area contributed by atoms with Gasteiger partial charge in [0.05, 0.1) is 10.4 Å². The van der Waals surface area contributed by atoms with Crippen LogP contribution in [0.2, 0.25) is 0 Å². The first-order valence-corrected chi connectivity index (χ1v) is 4.83. The van der Waals surface area contributed by atoms with Crippen LogP contribution in [0.1, 0.15) is 0 Å². The Morgan fingerprint density at radius 3 is 2.27 bits per heavy atom. The summed E-state index contributed by atoms with van der Waals surface area (Å²) in [7, 11) is -2.75. The van der Waals surface area contributed by atoms with Crippen LogP contribution in [0.5, 0.6) is 0 Å². The van der Waals surface area contributed by atoms with E-state index in [-0.39, 0.29) is 5.57 Å². The quantitative estimate of drug-likeness (QED) is 0.608. The molecule has 80 valence electrons. The molecule has 1 rings (SSSR count). The molecule has 0 aromatic heterocycles. The molecule has 1 unspecified atom stereocenters. The molecule has 0 amide bonds. The van der Waals surface area contributed by atoms with Crippen molar-refractivity contribution in [2.75, 3.05) is 0 Å². The standard InChI is InChI=1S/C8H6O6S/c9-7(10)4-1-2-5(8(11)12)6(3-4)15(13)14/h1-3,5H,(H,9,10)(H,11,12). The van der Waals surface area contributed by atoms with Crippen molar-refractivity contribution < 1.29 is 28.2 Å². The highest BCUT2D eigenvalue weighted by Gasteiger charge is 2.25. The molecule has 1 aliphatic rings. The minimum absolute atomic E-state index is 0.258. The van der Waals surface area contributed by atoms with Gasteiger partial charge in [0.15, 0.2) is 0 Å². The molecule has 2 N–H and O–H groups in total. The van der Waals surface area contributed by atoms with E-state index in [0.29, 0.717) is 0 Å². The maximum Gasteiger partial charge on any atom is 0.335 e. The fourth-order valence-corrected chi connectivity index (χ4v) is 1.68. The second kappa shape index (κ2) is 4.09. The fourth-order valence-electron chi connectivity index (χ4n) is 1.07. The summed E-state index contributed by atoms with van der Waals surface area (Å²) in [5.41, 5.74) is -0.258. The smallest absolute Gasteiger partial charge is 0.335 e. The Balaban J connectivity index is 3.30. The lowest BCUT2D eigenvalue weighted by Crippen LogP contribution is -2.24. The molecular weight excluding hydrogens is 224 g/mol. The van der Waals surface area contributed by atoms with E-state index in [1.807, 2.05) is 0 Å². The molecule has 6 nitrogen and oxygen atoms in total. The van der Waals surface area contributed by atoms with Gasteiger partial charge in [-0.2, -0.15) is 8.42 Å². The van der Waals surface area contributed by atoms with E-state index in [1.165, 1.54) is 0 Å². The number of hydrogen-bond donors (Lipinski definition) is 2. The lowest BCUT2D eigenvalue weighted by atomic mass is 9.97. The number of allylic oxidation sites excluding steroid dienone is 1. The van der Waals surface area contributed by atoms with Crippen molar-refractivity contribution in [1.82, 2.24) is 0 Å². The van der Waals surface area contributed by atoms with Crippen molar-refractivity contribution in [1.29, 1.82) is 0 Å². The molecule has 0 aromatic rings. The third-order valence-corrected chi connectivity index (χ3v) is 2.53. The molecule has 7 heteroatoms. The Morgan fingerprint density at radius 2 is 1.87 bits per heavy atom. The summed E-state index contributed by atoms with van der Waals surface area (Å²) in [5.74, 6) is -3.96. The first-order chi connectivity index (χ1) is 6.93. The number of carbonyl (C=O) groups is 2. The van der Waals surface area contributed by atoms with E-state index in [1.54, 1.807) is 0 Å². The van der Waals surface area contributed by atoms with Crippen LogP contribution in [0.15, 0.2) is 23.8 Å². The molecule has 0 saturated heterocycles. The molecule has 15 heavy (non-hydrogen) atoms. The van der Waals surface area contributed by atoms with E-state index in [2.05, 4.69) is 0 Å². The third kappa shape index (κ3) is 2.32. The van der Waals surface area contributed by atoms with Crippen LogP contribution < -0.4 is 0 Å². The zero-order chi connectivity index (χ0) is 11.6. The molecular formula is C8H6O6S. The summed E-state index contributed by atoms with van der Waals surface area (Å²) in [6.45, 7) is 0. The van der Waals surface area contributed by atoms with Crippen LogP contribution in [0.3, 0.4) is 0 Å². The number of carboxylic acids is 2. The van der Waals surface area contributed by atoms with Gasteiger partial charge in [0.1, 0.15) is 5.92 Å². The van der Waals surface area contributed by atoms with E-state index >= 15 is 0 Å². The number of aliphatic carboxylic acids is 2. The van der Waals surface area contributed by atoms with Gasteiger partial charge in [-0.05, 0) is 6.08 Å². The summed E-state index contributed by atoms with van der Waals surface area (Å²) in [5, 5.41) is 17.2.